The van der Waals surface area contributed by atoms with Gasteiger partial charge in [0, 0.05) is 24.0 Å². The maximum atomic E-state index is 12.8. The van der Waals surface area contributed by atoms with Crippen molar-refractivity contribution in [2.45, 2.75) is 31.8 Å². The molecule has 1 aromatic carbocycles. The molecular formula is C21H22N4O3. The molecule has 7 heteroatoms. The summed E-state index contributed by atoms with van der Waals surface area (Å²) in [5.74, 6) is -0.673. The number of nitrogens with zero attached hydrogens (tertiary/aromatic N) is 2. The Labute approximate surface area is 162 Å². The van der Waals surface area contributed by atoms with Gasteiger partial charge < -0.3 is 11.1 Å². The number of imide groups is 1. The lowest BCUT2D eigenvalue weighted by atomic mass is 10.0. The van der Waals surface area contributed by atoms with Crippen molar-refractivity contribution in [1.29, 1.82) is 0 Å². The van der Waals surface area contributed by atoms with E-state index >= 15 is 0 Å². The van der Waals surface area contributed by atoms with Crippen LogP contribution in [-0.4, -0.2) is 40.2 Å². The van der Waals surface area contributed by atoms with Gasteiger partial charge >= 0.3 is 0 Å². The Kier molecular flexibility index (Phi) is 4.92. The third kappa shape index (κ3) is 3.29. The van der Waals surface area contributed by atoms with Crippen LogP contribution < -0.4 is 11.1 Å². The fourth-order valence-corrected chi connectivity index (χ4v) is 4.01. The summed E-state index contributed by atoms with van der Waals surface area (Å²) in [6.45, 7) is 0.725. The Hall–Kier alpha value is -3.06. The van der Waals surface area contributed by atoms with Crippen molar-refractivity contribution in [1.82, 2.24) is 15.2 Å². The van der Waals surface area contributed by atoms with Crippen LogP contribution in [0.2, 0.25) is 0 Å². The standard InChI is InChI=1S/C21H22N4O3/c22-11-15-2-1-3-18(15)24-19(26)14-4-5-16-17(10-14)21(28)25(20(16)27)12-13-6-8-23-9-7-13/h4-10,15,18H,1-3,11-12,22H2,(H,24,26). The van der Waals surface area contributed by atoms with Gasteiger partial charge in [0.2, 0.25) is 0 Å². The topological polar surface area (TPSA) is 105 Å². The zero-order valence-electron chi connectivity index (χ0n) is 15.4. The summed E-state index contributed by atoms with van der Waals surface area (Å²) in [5, 5.41) is 3.03. The van der Waals surface area contributed by atoms with Gasteiger partial charge in [-0.1, -0.05) is 6.42 Å². The molecule has 2 aromatic rings. The minimum absolute atomic E-state index is 0.0614. The summed E-state index contributed by atoms with van der Waals surface area (Å²) in [6, 6.07) is 8.26. The van der Waals surface area contributed by atoms with Crippen LogP contribution in [0.3, 0.4) is 0 Å². The first-order valence-corrected chi connectivity index (χ1v) is 9.48. The fourth-order valence-electron chi connectivity index (χ4n) is 4.01. The van der Waals surface area contributed by atoms with Crippen molar-refractivity contribution in [2.75, 3.05) is 6.54 Å². The number of pyridine rings is 1. The van der Waals surface area contributed by atoms with Crippen LogP contribution in [0.5, 0.6) is 0 Å². The molecule has 1 aliphatic carbocycles. The summed E-state index contributed by atoms with van der Waals surface area (Å²) in [5.41, 5.74) is 7.58. The van der Waals surface area contributed by atoms with Gasteiger partial charge in [0.1, 0.15) is 0 Å². The van der Waals surface area contributed by atoms with Crippen molar-refractivity contribution in [3.63, 3.8) is 0 Å². The number of carbonyl (C=O) groups excluding carboxylic acids is 3. The van der Waals surface area contributed by atoms with E-state index in [1.165, 1.54) is 11.0 Å². The second-order valence-corrected chi connectivity index (χ2v) is 7.32. The van der Waals surface area contributed by atoms with Crippen molar-refractivity contribution in [2.24, 2.45) is 11.7 Å². The van der Waals surface area contributed by atoms with E-state index in [1.54, 1.807) is 36.7 Å². The first-order valence-electron chi connectivity index (χ1n) is 9.48. The molecule has 0 saturated heterocycles. The van der Waals surface area contributed by atoms with Crippen molar-refractivity contribution in [3.05, 3.63) is 65.0 Å². The molecule has 0 spiro atoms. The highest BCUT2D eigenvalue weighted by molar-refractivity contribution is 6.22. The van der Waals surface area contributed by atoms with Gasteiger partial charge in [-0.15, -0.1) is 0 Å². The number of aromatic nitrogens is 1. The molecule has 3 N–H and O–H groups in total. The first-order chi connectivity index (χ1) is 13.6. The van der Waals surface area contributed by atoms with Crippen LogP contribution in [0.25, 0.3) is 0 Å². The van der Waals surface area contributed by atoms with Crippen LogP contribution >= 0.6 is 0 Å². The van der Waals surface area contributed by atoms with E-state index in [0.717, 1.165) is 24.8 Å². The third-order valence-corrected chi connectivity index (χ3v) is 5.60. The number of hydrogen-bond acceptors (Lipinski definition) is 5. The number of nitrogens with two attached hydrogens (primary N) is 1. The molecule has 1 fully saturated rings. The molecular weight excluding hydrogens is 356 g/mol. The van der Waals surface area contributed by atoms with Crippen LogP contribution in [0.4, 0.5) is 0 Å². The van der Waals surface area contributed by atoms with Gasteiger partial charge in [-0.25, -0.2) is 0 Å². The molecule has 2 heterocycles. The van der Waals surface area contributed by atoms with Gasteiger partial charge in [0.25, 0.3) is 17.7 Å². The summed E-state index contributed by atoms with van der Waals surface area (Å²) in [7, 11) is 0. The predicted molar refractivity (Wildman–Crippen MR) is 103 cm³/mol. The molecule has 4 rings (SSSR count). The summed E-state index contributed by atoms with van der Waals surface area (Å²) < 4.78 is 0. The normalized spacial score (nSPS) is 21.1. The Morgan fingerprint density at radius 3 is 2.61 bits per heavy atom. The molecule has 0 radical (unpaired) electrons. The fraction of sp³-hybridized carbons (Fsp3) is 0.333. The minimum atomic E-state index is -0.382. The second kappa shape index (κ2) is 7.52. The predicted octanol–water partition coefficient (Wildman–Crippen LogP) is 1.73. The quantitative estimate of drug-likeness (QED) is 0.771. The number of rotatable bonds is 5. The highest BCUT2D eigenvalue weighted by Gasteiger charge is 2.36. The van der Waals surface area contributed by atoms with Crippen LogP contribution in [-0.2, 0) is 6.54 Å². The summed E-state index contributed by atoms with van der Waals surface area (Å²) in [4.78, 5) is 43.2. The Bertz CT molecular complexity index is 929. The van der Waals surface area contributed by atoms with E-state index in [1.807, 2.05) is 0 Å². The van der Waals surface area contributed by atoms with Gasteiger partial charge in [0.05, 0.1) is 17.7 Å². The lowest BCUT2D eigenvalue weighted by Gasteiger charge is -2.19. The maximum Gasteiger partial charge on any atom is 0.261 e. The Balaban J connectivity index is 1.52. The highest BCUT2D eigenvalue weighted by atomic mass is 16.2. The number of benzene rings is 1. The lowest BCUT2D eigenvalue weighted by Crippen LogP contribution is -2.39. The van der Waals surface area contributed by atoms with Gasteiger partial charge in [-0.05, 0) is 61.2 Å². The number of carbonyl (C=O) groups is 3. The van der Waals surface area contributed by atoms with Crippen LogP contribution in [0, 0.1) is 5.92 Å². The third-order valence-electron chi connectivity index (χ3n) is 5.60. The van der Waals surface area contributed by atoms with Crippen LogP contribution in [0.1, 0.15) is 55.9 Å². The average molecular weight is 378 g/mol. The molecule has 1 aromatic heterocycles. The average Bonchev–Trinajstić information content (AvgIpc) is 3.26. The van der Waals surface area contributed by atoms with Crippen molar-refractivity contribution < 1.29 is 14.4 Å². The monoisotopic (exact) mass is 378 g/mol. The molecule has 144 valence electrons. The van der Waals surface area contributed by atoms with Gasteiger partial charge in [-0.3, -0.25) is 24.3 Å². The Morgan fingerprint density at radius 2 is 1.86 bits per heavy atom. The molecule has 0 bridgehead atoms. The van der Waals surface area contributed by atoms with Crippen LogP contribution in [0.15, 0.2) is 42.7 Å². The first kappa shape index (κ1) is 18.3. The Morgan fingerprint density at radius 1 is 1.11 bits per heavy atom. The van der Waals surface area contributed by atoms with E-state index in [-0.39, 0.29) is 41.8 Å². The molecule has 7 nitrogen and oxygen atoms in total. The number of amides is 3. The van der Waals surface area contributed by atoms with Gasteiger partial charge in [0.15, 0.2) is 0 Å². The molecule has 1 saturated carbocycles. The molecule has 3 amide bonds. The van der Waals surface area contributed by atoms with E-state index in [0.29, 0.717) is 17.7 Å². The second-order valence-electron chi connectivity index (χ2n) is 7.32. The zero-order chi connectivity index (χ0) is 19.7. The lowest BCUT2D eigenvalue weighted by molar-refractivity contribution is 0.0642. The van der Waals surface area contributed by atoms with E-state index < -0.39 is 0 Å². The largest absolute Gasteiger partial charge is 0.349 e. The maximum absolute atomic E-state index is 12.8. The molecule has 2 unspecified atom stereocenters. The molecule has 2 atom stereocenters. The molecule has 2 aliphatic rings. The minimum Gasteiger partial charge on any atom is -0.349 e. The zero-order valence-corrected chi connectivity index (χ0v) is 15.4. The summed E-state index contributed by atoms with van der Waals surface area (Å²) >= 11 is 0. The van der Waals surface area contributed by atoms with E-state index in [2.05, 4.69) is 10.3 Å². The van der Waals surface area contributed by atoms with E-state index in [4.69, 9.17) is 5.73 Å². The SMILES string of the molecule is NCC1CCCC1NC(=O)c1ccc2c(c1)C(=O)N(Cc1ccncc1)C2=O. The van der Waals surface area contributed by atoms with Gasteiger partial charge in [-0.2, -0.15) is 0 Å². The highest BCUT2D eigenvalue weighted by Crippen LogP contribution is 2.27. The van der Waals surface area contributed by atoms with E-state index in [9.17, 15) is 14.4 Å². The summed E-state index contributed by atoms with van der Waals surface area (Å²) in [6.07, 6.45) is 6.22. The van der Waals surface area contributed by atoms with Crippen molar-refractivity contribution >= 4 is 17.7 Å². The molecule has 1 aliphatic heterocycles. The number of fused-ring (bicyclic) bond motifs is 1. The molecule has 28 heavy (non-hydrogen) atoms. The number of hydrogen-bond donors (Lipinski definition) is 2. The smallest absolute Gasteiger partial charge is 0.261 e. The van der Waals surface area contributed by atoms with Crippen molar-refractivity contribution in [3.8, 4) is 0 Å². The number of nitrogens with one attached hydrogen (secondary N) is 1.